The Bertz CT molecular complexity index is 743. The molecule has 1 aromatic heterocycles. The van der Waals surface area contributed by atoms with E-state index in [4.69, 9.17) is 0 Å². The van der Waals surface area contributed by atoms with Gasteiger partial charge in [-0.05, 0) is 25.8 Å². The summed E-state index contributed by atoms with van der Waals surface area (Å²) in [6.45, 7) is 0.0349. The SMILES string of the molecule is Cc1nn(C(F)F)c(C)c1S(=O)(=O)NCCc1ccccc1. The van der Waals surface area contributed by atoms with E-state index in [2.05, 4.69) is 9.82 Å². The van der Waals surface area contributed by atoms with E-state index in [9.17, 15) is 17.2 Å². The van der Waals surface area contributed by atoms with Crippen molar-refractivity contribution >= 4 is 10.0 Å². The third kappa shape index (κ3) is 3.50. The maximum atomic E-state index is 12.8. The van der Waals surface area contributed by atoms with Crippen molar-refractivity contribution in [1.82, 2.24) is 14.5 Å². The lowest BCUT2D eigenvalue weighted by Gasteiger charge is -2.08. The maximum Gasteiger partial charge on any atom is 0.333 e. The molecule has 2 rings (SSSR count). The molecule has 1 N–H and O–H groups in total. The molecule has 0 aliphatic rings. The second kappa shape index (κ2) is 6.53. The molecule has 0 fully saturated rings. The number of hydrogen-bond donors (Lipinski definition) is 1. The van der Waals surface area contributed by atoms with Gasteiger partial charge in [-0.1, -0.05) is 30.3 Å². The fraction of sp³-hybridized carbons (Fsp3) is 0.357. The molecule has 2 aromatic rings. The molecule has 0 bridgehead atoms. The summed E-state index contributed by atoms with van der Waals surface area (Å²) in [5, 5.41) is 3.59. The van der Waals surface area contributed by atoms with Gasteiger partial charge in [-0.15, -0.1) is 0 Å². The predicted octanol–water partition coefficient (Wildman–Crippen LogP) is 2.42. The summed E-state index contributed by atoms with van der Waals surface area (Å²) >= 11 is 0. The largest absolute Gasteiger partial charge is 0.333 e. The van der Waals surface area contributed by atoms with E-state index in [0.717, 1.165) is 5.56 Å². The Balaban J connectivity index is 2.14. The predicted molar refractivity (Wildman–Crippen MR) is 78.3 cm³/mol. The lowest BCUT2D eigenvalue weighted by atomic mass is 10.2. The quantitative estimate of drug-likeness (QED) is 0.885. The van der Waals surface area contributed by atoms with E-state index in [1.54, 1.807) is 0 Å². The van der Waals surface area contributed by atoms with Crippen molar-refractivity contribution in [3.8, 4) is 0 Å². The van der Waals surface area contributed by atoms with Crippen molar-refractivity contribution in [2.24, 2.45) is 0 Å². The summed E-state index contributed by atoms with van der Waals surface area (Å²) in [5.74, 6) is 0. The van der Waals surface area contributed by atoms with Gasteiger partial charge in [0.05, 0.1) is 11.4 Å². The monoisotopic (exact) mass is 329 g/mol. The molecule has 5 nitrogen and oxygen atoms in total. The van der Waals surface area contributed by atoms with Crippen LogP contribution in [0.3, 0.4) is 0 Å². The molecular formula is C14H17F2N3O2S. The van der Waals surface area contributed by atoms with Crippen molar-refractivity contribution in [3.63, 3.8) is 0 Å². The van der Waals surface area contributed by atoms with Crippen LogP contribution in [0.25, 0.3) is 0 Å². The third-order valence-corrected chi connectivity index (χ3v) is 4.97. The van der Waals surface area contributed by atoms with E-state index in [1.165, 1.54) is 13.8 Å². The van der Waals surface area contributed by atoms with Gasteiger partial charge in [0.15, 0.2) is 0 Å². The highest BCUT2D eigenvalue weighted by Crippen LogP contribution is 2.23. The zero-order valence-corrected chi connectivity index (χ0v) is 13.1. The minimum atomic E-state index is -3.87. The molecule has 0 aliphatic heterocycles. The number of halogens is 2. The molecule has 120 valence electrons. The molecule has 0 atom stereocenters. The topological polar surface area (TPSA) is 64.0 Å². The first-order valence-corrected chi connectivity index (χ1v) is 8.18. The molecule has 8 heteroatoms. The summed E-state index contributed by atoms with van der Waals surface area (Å²) in [7, 11) is -3.87. The maximum absolute atomic E-state index is 12.8. The lowest BCUT2D eigenvalue weighted by molar-refractivity contribution is 0.0538. The number of nitrogens with zero attached hydrogens (tertiary/aromatic N) is 2. The van der Waals surface area contributed by atoms with Crippen molar-refractivity contribution in [2.45, 2.75) is 31.7 Å². The van der Waals surface area contributed by atoms with Gasteiger partial charge in [0.25, 0.3) is 0 Å². The summed E-state index contributed by atoms with van der Waals surface area (Å²) in [6, 6.07) is 9.38. The van der Waals surface area contributed by atoms with Crippen LogP contribution in [0.5, 0.6) is 0 Å². The first-order valence-electron chi connectivity index (χ1n) is 6.70. The fourth-order valence-corrected chi connectivity index (χ4v) is 3.70. The molecule has 0 saturated heterocycles. The second-order valence-electron chi connectivity index (χ2n) is 4.86. The molecule has 1 heterocycles. The average Bonchev–Trinajstić information content (AvgIpc) is 2.75. The number of rotatable bonds is 6. The lowest BCUT2D eigenvalue weighted by Crippen LogP contribution is -2.27. The Labute approximate surface area is 128 Å². The zero-order valence-electron chi connectivity index (χ0n) is 12.3. The van der Waals surface area contributed by atoms with E-state index in [1.807, 2.05) is 30.3 Å². The van der Waals surface area contributed by atoms with Gasteiger partial charge in [-0.3, -0.25) is 0 Å². The fourth-order valence-electron chi connectivity index (χ4n) is 2.27. The number of aryl methyl sites for hydroxylation is 1. The Morgan fingerprint density at radius 1 is 1.23 bits per heavy atom. The van der Waals surface area contributed by atoms with Gasteiger partial charge in [-0.2, -0.15) is 13.9 Å². The van der Waals surface area contributed by atoms with Gasteiger partial charge >= 0.3 is 6.55 Å². The Hall–Kier alpha value is -1.80. The van der Waals surface area contributed by atoms with Crippen LogP contribution in [0.15, 0.2) is 35.2 Å². The van der Waals surface area contributed by atoms with Gasteiger partial charge in [-0.25, -0.2) is 17.8 Å². The summed E-state index contributed by atoms with van der Waals surface area (Å²) in [6.07, 6.45) is 0.515. The van der Waals surface area contributed by atoms with Crippen molar-refractivity contribution < 1.29 is 17.2 Å². The van der Waals surface area contributed by atoms with Crippen LogP contribution in [-0.4, -0.2) is 24.7 Å². The van der Waals surface area contributed by atoms with E-state index < -0.39 is 16.6 Å². The first-order chi connectivity index (χ1) is 10.3. The van der Waals surface area contributed by atoms with Crippen LogP contribution in [0.4, 0.5) is 8.78 Å². The standard InChI is InChI=1S/C14H17F2N3O2S/c1-10-13(11(2)19(18-10)14(15)16)22(20,21)17-9-8-12-6-4-3-5-7-12/h3-7,14,17H,8-9H2,1-2H3. The summed E-state index contributed by atoms with van der Waals surface area (Å²) in [4.78, 5) is -0.180. The Morgan fingerprint density at radius 2 is 1.86 bits per heavy atom. The highest BCUT2D eigenvalue weighted by Gasteiger charge is 2.26. The summed E-state index contributed by atoms with van der Waals surface area (Å²) in [5.41, 5.74) is 0.978. The van der Waals surface area contributed by atoms with Crippen LogP contribution in [0, 0.1) is 13.8 Å². The van der Waals surface area contributed by atoms with Crippen LogP contribution in [-0.2, 0) is 16.4 Å². The number of nitrogens with one attached hydrogen (secondary N) is 1. The number of aromatic nitrogens is 2. The minimum Gasteiger partial charge on any atom is -0.211 e. The van der Waals surface area contributed by atoms with Crippen molar-refractivity contribution in [1.29, 1.82) is 0 Å². The highest BCUT2D eigenvalue weighted by molar-refractivity contribution is 7.89. The van der Waals surface area contributed by atoms with Crippen LogP contribution in [0.1, 0.15) is 23.5 Å². The number of alkyl halides is 2. The van der Waals surface area contributed by atoms with Crippen molar-refractivity contribution in [3.05, 3.63) is 47.3 Å². The zero-order chi connectivity index (χ0) is 16.3. The molecule has 1 aromatic carbocycles. The van der Waals surface area contributed by atoms with E-state index in [0.29, 0.717) is 11.1 Å². The highest BCUT2D eigenvalue weighted by atomic mass is 32.2. The minimum absolute atomic E-state index is 0.0602. The molecule has 0 amide bonds. The molecule has 0 radical (unpaired) electrons. The number of benzene rings is 1. The molecule has 0 unspecified atom stereocenters. The van der Waals surface area contributed by atoms with Crippen LogP contribution in [0.2, 0.25) is 0 Å². The van der Waals surface area contributed by atoms with E-state index >= 15 is 0 Å². The molecular weight excluding hydrogens is 312 g/mol. The smallest absolute Gasteiger partial charge is 0.211 e. The van der Waals surface area contributed by atoms with Crippen molar-refractivity contribution in [2.75, 3.05) is 6.54 Å². The van der Waals surface area contributed by atoms with Gasteiger partial charge in [0.1, 0.15) is 4.90 Å². The Morgan fingerprint density at radius 3 is 2.41 bits per heavy atom. The number of hydrogen-bond acceptors (Lipinski definition) is 3. The summed E-state index contributed by atoms with van der Waals surface area (Å²) < 4.78 is 53.0. The average molecular weight is 329 g/mol. The first kappa shape index (κ1) is 16.6. The molecule has 22 heavy (non-hydrogen) atoms. The second-order valence-corrected chi connectivity index (χ2v) is 6.56. The van der Waals surface area contributed by atoms with Gasteiger partial charge in [0, 0.05) is 6.54 Å². The Kier molecular flexibility index (Phi) is 4.92. The van der Waals surface area contributed by atoms with Crippen LogP contribution >= 0.6 is 0 Å². The molecule has 0 saturated carbocycles. The van der Waals surface area contributed by atoms with Gasteiger partial charge < -0.3 is 0 Å². The van der Waals surface area contributed by atoms with E-state index in [-0.39, 0.29) is 22.8 Å². The number of sulfonamides is 1. The third-order valence-electron chi connectivity index (χ3n) is 3.26. The van der Waals surface area contributed by atoms with Gasteiger partial charge in [0.2, 0.25) is 10.0 Å². The molecule has 0 spiro atoms. The van der Waals surface area contributed by atoms with Crippen LogP contribution < -0.4 is 4.72 Å². The normalized spacial score (nSPS) is 12.0. The molecule has 0 aliphatic carbocycles.